The molecule has 0 radical (unpaired) electrons. The van der Waals surface area contributed by atoms with Gasteiger partial charge >= 0.3 is 11.9 Å². The number of carbonyl (C=O) groups is 2. The molecule has 0 unspecified atom stereocenters. The molecule has 3 rings (SSSR count). The maximum atomic E-state index is 12.2. The van der Waals surface area contributed by atoms with Gasteiger partial charge in [-0.25, -0.2) is 4.79 Å². The first-order valence-electron chi connectivity index (χ1n) is 7.26. The van der Waals surface area contributed by atoms with Crippen LogP contribution in [0.15, 0.2) is 53.4 Å². The molecule has 1 heterocycles. The summed E-state index contributed by atoms with van der Waals surface area (Å²) >= 11 is 1.55. The van der Waals surface area contributed by atoms with E-state index in [2.05, 4.69) is 4.74 Å². The molecule has 0 saturated carbocycles. The standard InChI is InChI=1S/C18H16O4S/c1-21-17(19)13-8-6-12(7-9-13)11-22-18(20)16-10-14-4-2-3-5-15(14)23-16/h2-9,16H,10-11H2,1H3/t16-/m0/s1. The van der Waals surface area contributed by atoms with Crippen LogP contribution >= 0.6 is 11.8 Å². The molecule has 1 aliphatic heterocycles. The monoisotopic (exact) mass is 328 g/mol. The Morgan fingerprint density at radius 2 is 1.87 bits per heavy atom. The van der Waals surface area contributed by atoms with Gasteiger partial charge in [0.1, 0.15) is 11.9 Å². The molecule has 0 aromatic heterocycles. The van der Waals surface area contributed by atoms with E-state index < -0.39 is 0 Å². The van der Waals surface area contributed by atoms with Gasteiger partial charge in [-0.15, -0.1) is 11.8 Å². The number of ether oxygens (including phenoxy) is 2. The lowest BCUT2D eigenvalue weighted by atomic mass is 10.1. The molecular formula is C18H16O4S. The molecule has 0 aliphatic carbocycles. The highest BCUT2D eigenvalue weighted by atomic mass is 32.2. The van der Waals surface area contributed by atoms with E-state index in [0.29, 0.717) is 12.0 Å². The van der Waals surface area contributed by atoms with E-state index in [9.17, 15) is 9.59 Å². The van der Waals surface area contributed by atoms with Gasteiger partial charge in [0.05, 0.1) is 12.7 Å². The lowest BCUT2D eigenvalue weighted by molar-refractivity contribution is -0.144. The Morgan fingerprint density at radius 3 is 2.57 bits per heavy atom. The lowest BCUT2D eigenvalue weighted by Gasteiger charge is -2.09. The van der Waals surface area contributed by atoms with Crippen LogP contribution < -0.4 is 0 Å². The highest BCUT2D eigenvalue weighted by molar-refractivity contribution is 8.01. The third kappa shape index (κ3) is 3.56. The molecule has 23 heavy (non-hydrogen) atoms. The first kappa shape index (κ1) is 15.6. The molecule has 5 heteroatoms. The van der Waals surface area contributed by atoms with Crippen molar-refractivity contribution in [1.82, 2.24) is 0 Å². The number of benzene rings is 2. The van der Waals surface area contributed by atoms with Crippen LogP contribution in [0.4, 0.5) is 0 Å². The predicted molar refractivity (Wildman–Crippen MR) is 87.4 cm³/mol. The van der Waals surface area contributed by atoms with Crippen molar-refractivity contribution in [2.24, 2.45) is 0 Å². The van der Waals surface area contributed by atoms with Crippen molar-refractivity contribution in [2.75, 3.05) is 7.11 Å². The number of rotatable bonds is 4. The van der Waals surface area contributed by atoms with Gasteiger partial charge in [-0.1, -0.05) is 30.3 Å². The topological polar surface area (TPSA) is 52.6 Å². The second-order valence-corrected chi connectivity index (χ2v) is 6.46. The number of methoxy groups -OCH3 is 1. The Labute approximate surface area is 138 Å². The summed E-state index contributed by atoms with van der Waals surface area (Å²) in [5.41, 5.74) is 2.51. The SMILES string of the molecule is COC(=O)c1ccc(COC(=O)[C@@H]2Cc3ccccc3S2)cc1. The maximum Gasteiger partial charge on any atom is 0.337 e. The zero-order valence-corrected chi connectivity index (χ0v) is 13.5. The van der Waals surface area contributed by atoms with Crippen LogP contribution in [0.25, 0.3) is 0 Å². The number of carbonyl (C=O) groups excluding carboxylic acids is 2. The van der Waals surface area contributed by atoms with Gasteiger partial charge in [-0.2, -0.15) is 0 Å². The zero-order valence-electron chi connectivity index (χ0n) is 12.7. The molecule has 0 bridgehead atoms. The van der Waals surface area contributed by atoms with Gasteiger partial charge in [0, 0.05) is 4.90 Å². The van der Waals surface area contributed by atoms with E-state index in [1.807, 2.05) is 24.3 Å². The lowest BCUT2D eigenvalue weighted by Crippen LogP contribution is -2.19. The number of esters is 2. The Bertz CT molecular complexity index is 699. The van der Waals surface area contributed by atoms with Crippen molar-refractivity contribution in [3.05, 3.63) is 65.2 Å². The summed E-state index contributed by atoms with van der Waals surface area (Å²) in [7, 11) is 1.34. The van der Waals surface area contributed by atoms with Gasteiger partial charge in [0.2, 0.25) is 0 Å². The molecule has 0 fully saturated rings. The zero-order chi connectivity index (χ0) is 16.2. The highest BCUT2D eigenvalue weighted by Gasteiger charge is 2.29. The second-order valence-electron chi connectivity index (χ2n) is 5.21. The van der Waals surface area contributed by atoms with E-state index in [1.54, 1.807) is 36.0 Å². The molecule has 0 saturated heterocycles. The van der Waals surface area contributed by atoms with Crippen molar-refractivity contribution in [2.45, 2.75) is 23.2 Å². The predicted octanol–water partition coefficient (Wildman–Crippen LogP) is 3.23. The van der Waals surface area contributed by atoms with Crippen LogP contribution in [-0.2, 0) is 27.3 Å². The van der Waals surface area contributed by atoms with E-state index in [0.717, 1.165) is 10.5 Å². The first-order chi connectivity index (χ1) is 11.2. The van der Waals surface area contributed by atoms with E-state index in [-0.39, 0.29) is 23.8 Å². The van der Waals surface area contributed by atoms with E-state index in [4.69, 9.17) is 4.74 Å². The third-order valence-electron chi connectivity index (χ3n) is 3.67. The fraction of sp³-hybridized carbons (Fsp3) is 0.222. The fourth-order valence-corrected chi connectivity index (χ4v) is 3.61. The number of thioether (sulfide) groups is 1. The maximum absolute atomic E-state index is 12.2. The molecule has 0 amide bonds. The fourth-order valence-electron chi connectivity index (χ4n) is 2.42. The molecule has 0 spiro atoms. The van der Waals surface area contributed by atoms with E-state index >= 15 is 0 Å². The van der Waals surface area contributed by atoms with Crippen molar-refractivity contribution >= 4 is 23.7 Å². The number of hydrogen-bond acceptors (Lipinski definition) is 5. The minimum Gasteiger partial charge on any atom is -0.465 e. The van der Waals surface area contributed by atoms with Crippen LogP contribution in [0.1, 0.15) is 21.5 Å². The number of hydrogen-bond donors (Lipinski definition) is 0. The summed E-state index contributed by atoms with van der Waals surface area (Å²) in [6.07, 6.45) is 0.709. The summed E-state index contributed by atoms with van der Waals surface area (Å²) in [5, 5.41) is -0.179. The quantitative estimate of drug-likeness (QED) is 0.807. The minimum absolute atomic E-state index is 0.179. The van der Waals surface area contributed by atoms with Crippen LogP contribution in [0.5, 0.6) is 0 Å². The summed E-state index contributed by atoms with van der Waals surface area (Å²) in [5.74, 6) is -0.586. The summed E-state index contributed by atoms with van der Waals surface area (Å²) < 4.78 is 10.0. The van der Waals surface area contributed by atoms with Gasteiger partial charge in [-0.05, 0) is 35.7 Å². The van der Waals surface area contributed by atoms with Crippen LogP contribution in [0, 0.1) is 0 Å². The normalized spacial score (nSPS) is 15.8. The van der Waals surface area contributed by atoms with E-state index in [1.165, 1.54) is 12.7 Å². The molecule has 0 N–H and O–H groups in total. The van der Waals surface area contributed by atoms with Crippen molar-refractivity contribution in [3.8, 4) is 0 Å². The summed E-state index contributed by atoms with van der Waals surface area (Å²) in [6.45, 7) is 0.202. The highest BCUT2D eigenvalue weighted by Crippen LogP contribution is 2.37. The molecule has 4 nitrogen and oxygen atoms in total. The average molecular weight is 328 g/mol. The molecule has 1 atom stereocenters. The Morgan fingerprint density at radius 1 is 1.13 bits per heavy atom. The molecule has 118 valence electrons. The Hall–Kier alpha value is -2.27. The first-order valence-corrected chi connectivity index (χ1v) is 8.14. The van der Waals surface area contributed by atoms with Crippen LogP contribution in [0.3, 0.4) is 0 Å². The molecular weight excluding hydrogens is 312 g/mol. The molecule has 1 aliphatic rings. The van der Waals surface area contributed by atoms with Crippen molar-refractivity contribution in [1.29, 1.82) is 0 Å². The summed E-state index contributed by atoms with van der Waals surface area (Å²) in [4.78, 5) is 24.7. The minimum atomic E-state index is -0.381. The largest absolute Gasteiger partial charge is 0.465 e. The molecule has 2 aromatic rings. The van der Waals surface area contributed by atoms with Gasteiger partial charge in [0.15, 0.2) is 0 Å². The van der Waals surface area contributed by atoms with Crippen LogP contribution in [0.2, 0.25) is 0 Å². The van der Waals surface area contributed by atoms with Crippen LogP contribution in [-0.4, -0.2) is 24.3 Å². The van der Waals surface area contributed by atoms with Crippen molar-refractivity contribution in [3.63, 3.8) is 0 Å². The summed E-state index contributed by atoms with van der Waals surface area (Å²) in [6, 6.07) is 14.9. The van der Waals surface area contributed by atoms with Crippen molar-refractivity contribution < 1.29 is 19.1 Å². The van der Waals surface area contributed by atoms with Gasteiger partial charge < -0.3 is 9.47 Å². The number of fused-ring (bicyclic) bond motifs is 1. The average Bonchev–Trinajstić information content (AvgIpc) is 3.03. The van der Waals surface area contributed by atoms with Gasteiger partial charge in [0.25, 0.3) is 0 Å². The second kappa shape index (κ2) is 6.87. The van der Waals surface area contributed by atoms with Gasteiger partial charge in [-0.3, -0.25) is 4.79 Å². The Balaban J connectivity index is 1.55. The third-order valence-corrected chi connectivity index (χ3v) is 4.96. The smallest absolute Gasteiger partial charge is 0.337 e. The Kier molecular flexibility index (Phi) is 4.67. The molecule has 2 aromatic carbocycles.